The summed E-state index contributed by atoms with van der Waals surface area (Å²) in [5.74, 6) is -0.145. The molecule has 0 aliphatic carbocycles. The molecule has 1 aliphatic heterocycles. The first-order valence-corrected chi connectivity index (χ1v) is 33.8. The molecule has 1 aliphatic rings. The van der Waals surface area contributed by atoms with Gasteiger partial charge in [0.05, 0.1) is 25.4 Å². The molecule has 1 rings (SSSR count). The molecule has 0 bridgehead atoms. The van der Waals surface area contributed by atoms with Gasteiger partial charge in [-0.25, -0.2) is 0 Å². The molecule has 0 aromatic carbocycles. The van der Waals surface area contributed by atoms with Crippen molar-refractivity contribution in [2.24, 2.45) is 0 Å². The molecule has 7 atom stereocenters. The van der Waals surface area contributed by atoms with E-state index in [0.29, 0.717) is 12.8 Å². The van der Waals surface area contributed by atoms with E-state index in [1.807, 2.05) is 0 Å². The summed E-state index contributed by atoms with van der Waals surface area (Å²) in [6, 6.07) is -0.725. The molecule has 0 aromatic rings. The van der Waals surface area contributed by atoms with Gasteiger partial charge in [0.1, 0.15) is 24.4 Å². The number of carbonyl (C=O) groups excluding carboxylic acids is 1. The van der Waals surface area contributed by atoms with Crippen molar-refractivity contribution >= 4 is 5.91 Å². The van der Waals surface area contributed by atoms with Crippen LogP contribution in [0.25, 0.3) is 0 Å². The molecule has 1 fully saturated rings. The van der Waals surface area contributed by atoms with Gasteiger partial charge >= 0.3 is 0 Å². The van der Waals surface area contributed by atoms with Gasteiger partial charge in [0.2, 0.25) is 5.91 Å². The Morgan fingerprint density at radius 2 is 0.775 bits per heavy atom. The van der Waals surface area contributed by atoms with Crippen LogP contribution in [0.5, 0.6) is 0 Å². The molecule has 0 spiro atoms. The minimum Gasteiger partial charge on any atom is -0.394 e. The fraction of sp³-hybridized carbons (Fsp3) is 0.789. The fourth-order valence-corrected chi connectivity index (χ4v) is 10.5. The molecule has 464 valence electrons. The first kappa shape index (κ1) is 75.4. The Morgan fingerprint density at radius 1 is 0.438 bits per heavy atom. The number of aliphatic hydroxyl groups excluding tert-OH is 5. The van der Waals surface area contributed by atoms with E-state index in [0.717, 1.165) is 83.5 Å². The first-order valence-electron chi connectivity index (χ1n) is 33.8. The second-order valence-corrected chi connectivity index (χ2v) is 23.2. The molecule has 1 heterocycles. The minimum absolute atomic E-state index is 0.140. The summed E-state index contributed by atoms with van der Waals surface area (Å²) < 4.78 is 11.4. The van der Waals surface area contributed by atoms with Crippen LogP contribution in [0.4, 0.5) is 0 Å². The molecule has 1 amide bonds. The lowest BCUT2D eigenvalue weighted by molar-refractivity contribution is -0.302. The molecule has 1 saturated heterocycles. The maximum absolute atomic E-state index is 13.1. The fourth-order valence-electron chi connectivity index (χ4n) is 10.5. The lowest BCUT2D eigenvalue weighted by atomic mass is 9.99. The Labute approximate surface area is 492 Å². The van der Waals surface area contributed by atoms with Crippen LogP contribution in [-0.4, -0.2) is 87.5 Å². The number of hydrogen-bond acceptors (Lipinski definition) is 8. The molecule has 0 saturated carbocycles. The number of hydrogen-bond donors (Lipinski definition) is 6. The quantitative estimate of drug-likeness (QED) is 0.0261. The summed E-state index contributed by atoms with van der Waals surface area (Å²) >= 11 is 0. The minimum atomic E-state index is -1.56. The van der Waals surface area contributed by atoms with Crippen LogP contribution in [0.2, 0.25) is 0 Å². The van der Waals surface area contributed by atoms with E-state index < -0.39 is 49.5 Å². The Morgan fingerprint density at radius 3 is 1.15 bits per heavy atom. The van der Waals surface area contributed by atoms with E-state index in [4.69, 9.17) is 9.47 Å². The second-order valence-electron chi connectivity index (χ2n) is 23.2. The van der Waals surface area contributed by atoms with Crippen LogP contribution >= 0.6 is 0 Å². The molecule has 7 unspecified atom stereocenters. The van der Waals surface area contributed by atoms with Gasteiger partial charge in [-0.15, -0.1) is 0 Å². The average Bonchev–Trinajstić information content (AvgIpc) is 3.46. The first-order chi connectivity index (χ1) is 39.3. The van der Waals surface area contributed by atoms with E-state index in [9.17, 15) is 30.3 Å². The van der Waals surface area contributed by atoms with Crippen LogP contribution in [0.3, 0.4) is 0 Å². The van der Waals surface area contributed by atoms with E-state index in [-0.39, 0.29) is 12.5 Å². The van der Waals surface area contributed by atoms with Gasteiger partial charge in [0, 0.05) is 6.42 Å². The SMILES string of the molecule is CC/C=C\C/C=C\C/C=C\C/C=C\C/C=C\C/C=C\C/C=C\CCCCCCCCCCCCCCCC(=O)NC(COC1OC(CO)C(O)C(O)C1O)C(O)CCCCCCCCCCCCCCCCCCCCCCCC. The van der Waals surface area contributed by atoms with Gasteiger partial charge in [-0.1, -0.05) is 311 Å². The monoisotopic (exact) mass is 1120 g/mol. The van der Waals surface area contributed by atoms with Crippen molar-refractivity contribution in [1.82, 2.24) is 5.32 Å². The summed E-state index contributed by atoms with van der Waals surface area (Å²) in [6.07, 6.45) is 77.7. The van der Waals surface area contributed by atoms with Gasteiger partial charge in [-0.2, -0.15) is 0 Å². The predicted octanol–water partition coefficient (Wildman–Crippen LogP) is 18.1. The topological polar surface area (TPSA) is 149 Å². The molecule has 0 radical (unpaired) electrons. The summed E-state index contributed by atoms with van der Waals surface area (Å²) in [4.78, 5) is 13.1. The Balaban J connectivity index is 2.13. The van der Waals surface area contributed by atoms with Crippen molar-refractivity contribution in [2.45, 2.75) is 346 Å². The number of aliphatic hydroxyl groups is 5. The third-order valence-corrected chi connectivity index (χ3v) is 15.8. The molecular weight excluding hydrogens is 995 g/mol. The van der Waals surface area contributed by atoms with Gasteiger partial charge < -0.3 is 40.3 Å². The van der Waals surface area contributed by atoms with Crippen molar-refractivity contribution in [3.8, 4) is 0 Å². The van der Waals surface area contributed by atoms with Gasteiger partial charge in [-0.05, 0) is 70.6 Å². The van der Waals surface area contributed by atoms with Crippen molar-refractivity contribution in [3.05, 3.63) is 85.1 Å². The highest BCUT2D eigenvalue weighted by Gasteiger charge is 2.44. The van der Waals surface area contributed by atoms with Gasteiger partial charge in [0.15, 0.2) is 6.29 Å². The number of carbonyl (C=O) groups is 1. The van der Waals surface area contributed by atoms with Crippen LogP contribution in [0.15, 0.2) is 85.1 Å². The van der Waals surface area contributed by atoms with Crippen molar-refractivity contribution in [3.63, 3.8) is 0 Å². The molecule has 9 nitrogen and oxygen atoms in total. The lowest BCUT2D eigenvalue weighted by Crippen LogP contribution is -2.60. The standard InChI is InChI=1S/C71H127NO8/c1-3-5-7-9-11-13-15-17-19-21-23-25-27-28-29-30-31-32-33-34-35-36-37-38-39-41-43-45-47-49-51-53-55-57-59-61-67(75)72-64(63-79-71-70(78)69(77)68(76)66(62-73)80-71)65(74)60-58-56-54-52-50-48-46-44-42-40-26-24-22-20-18-16-14-12-10-8-6-4-2/h5,7,11,13,17,19,23,25,28-29,31-32,34-35,64-66,68-71,73-74,76-78H,3-4,6,8-10,12,14-16,18,20-22,24,26-27,30,33,36-63H2,1-2H3,(H,72,75)/b7-5-,13-11-,19-17-,25-23-,29-28-,32-31-,35-34-. The number of nitrogens with one attached hydrogen (secondary N) is 1. The summed E-state index contributed by atoms with van der Waals surface area (Å²) in [6.45, 7) is 3.75. The average molecular weight is 1120 g/mol. The highest BCUT2D eigenvalue weighted by molar-refractivity contribution is 5.76. The second kappa shape index (κ2) is 59.5. The Bertz CT molecular complexity index is 1540. The number of ether oxygens (including phenoxy) is 2. The molecule has 80 heavy (non-hydrogen) atoms. The van der Waals surface area contributed by atoms with Gasteiger partial charge in [-0.3, -0.25) is 4.79 Å². The summed E-state index contributed by atoms with van der Waals surface area (Å²) in [5, 5.41) is 54.9. The van der Waals surface area contributed by atoms with Crippen LogP contribution in [0.1, 0.15) is 303 Å². The smallest absolute Gasteiger partial charge is 0.220 e. The van der Waals surface area contributed by atoms with Crippen LogP contribution in [-0.2, 0) is 14.3 Å². The zero-order chi connectivity index (χ0) is 57.9. The maximum Gasteiger partial charge on any atom is 0.220 e. The van der Waals surface area contributed by atoms with Gasteiger partial charge in [0.25, 0.3) is 0 Å². The van der Waals surface area contributed by atoms with Crippen molar-refractivity contribution in [2.75, 3.05) is 13.2 Å². The highest BCUT2D eigenvalue weighted by Crippen LogP contribution is 2.23. The molecule has 6 N–H and O–H groups in total. The van der Waals surface area contributed by atoms with E-state index in [1.165, 1.54) is 193 Å². The summed E-state index contributed by atoms with van der Waals surface area (Å²) in [7, 11) is 0. The third-order valence-electron chi connectivity index (χ3n) is 15.8. The van der Waals surface area contributed by atoms with Crippen LogP contribution < -0.4 is 5.32 Å². The van der Waals surface area contributed by atoms with Crippen LogP contribution in [0, 0.1) is 0 Å². The Kier molecular flexibility index (Phi) is 56.1. The number of unbranched alkanes of at least 4 members (excludes halogenated alkanes) is 34. The molecule has 9 heteroatoms. The molecular formula is C71H127NO8. The van der Waals surface area contributed by atoms with E-state index in [1.54, 1.807) is 0 Å². The summed E-state index contributed by atoms with van der Waals surface area (Å²) in [5.41, 5.74) is 0. The largest absolute Gasteiger partial charge is 0.394 e. The lowest BCUT2D eigenvalue weighted by Gasteiger charge is -2.40. The Hall–Kier alpha value is -2.63. The zero-order valence-corrected chi connectivity index (χ0v) is 51.8. The number of rotatable bonds is 58. The normalized spacial score (nSPS) is 19.0. The van der Waals surface area contributed by atoms with Crippen molar-refractivity contribution in [1.29, 1.82) is 0 Å². The third kappa shape index (κ3) is 47.8. The number of amides is 1. The maximum atomic E-state index is 13.1. The zero-order valence-electron chi connectivity index (χ0n) is 51.8. The van der Waals surface area contributed by atoms with Crippen molar-refractivity contribution < 1.29 is 39.8 Å². The van der Waals surface area contributed by atoms with E-state index in [2.05, 4.69) is 104 Å². The number of allylic oxidation sites excluding steroid dienone is 14. The molecule has 0 aromatic heterocycles. The highest BCUT2D eigenvalue weighted by atomic mass is 16.7. The predicted molar refractivity (Wildman–Crippen MR) is 341 cm³/mol. The van der Waals surface area contributed by atoms with E-state index >= 15 is 0 Å².